The van der Waals surface area contributed by atoms with E-state index >= 15 is 0 Å². The van der Waals surface area contributed by atoms with E-state index in [4.69, 9.17) is 9.47 Å². The van der Waals surface area contributed by atoms with Gasteiger partial charge in [-0.1, -0.05) is 0 Å². The molecule has 0 aliphatic rings. The van der Waals surface area contributed by atoms with E-state index in [1.165, 1.54) is 20.3 Å². The van der Waals surface area contributed by atoms with Crippen LogP contribution in [0.3, 0.4) is 0 Å². The summed E-state index contributed by atoms with van der Waals surface area (Å²) in [6.07, 6.45) is -1.63. The molecule has 0 saturated heterocycles. The fourth-order valence-electron chi connectivity index (χ4n) is 2.04. The Hall–Kier alpha value is -3.23. The fourth-order valence-corrected chi connectivity index (χ4v) is 2.04. The topological polar surface area (TPSA) is 80.4 Å². The minimum Gasteiger partial charge on any atom is -0.497 e. The number of H-pyrrole nitrogens is 1. The van der Waals surface area contributed by atoms with Crippen LogP contribution in [0.15, 0.2) is 41.3 Å². The van der Waals surface area contributed by atoms with Gasteiger partial charge in [0, 0.05) is 23.9 Å². The van der Waals surface area contributed by atoms with E-state index in [9.17, 15) is 22.8 Å². The lowest BCUT2D eigenvalue weighted by molar-refractivity contribution is -0.137. The van der Waals surface area contributed by atoms with Crippen LogP contribution in [-0.4, -0.2) is 25.1 Å². The summed E-state index contributed by atoms with van der Waals surface area (Å²) in [5.74, 6) is 0.219. The highest BCUT2D eigenvalue weighted by Crippen LogP contribution is 2.29. The van der Waals surface area contributed by atoms with Crippen molar-refractivity contribution in [2.45, 2.75) is 6.18 Å². The Morgan fingerprint density at radius 1 is 1.19 bits per heavy atom. The zero-order valence-corrected chi connectivity index (χ0v) is 13.8. The van der Waals surface area contributed by atoms with Crippen molar-refractivity contribution in [2.24, 2.45) is 0 Å². The number of aromatic amines is 1. The predicted octanol–water partition coefficient (Wildman–Crippen LogP) is 3.06. The molecule has 1 amide bonds. The number of ether oxygens (including phenoxy) is 2. The first-order valence-corrected chi connectivity index (χ1v) is 7.25. The Morgan fingerprint density at radius 3 is 2.54 bits per heavy atom. The van der Waals surface area contributed by atoms with Crippen molar-refractivity contribution >= 4 is 17.7 Å². The van der Waals surface area contributed by atoms with Gasteiger partial charge in [-0.3, -0.25) is 9.59 Å². The number of pyridine rings is 1. The summed E-state index contributed by atoms with van der Waals surface area (Å²) in [7, 11) is 2.93. The van der Waals surface area contributed by atoms with Crippen LogP contribution in [0, 0.1) is 0 Å². The van der Waals surface area contributed by atoms with Crippen molar-refractivity contribution < 1.29 is 27.4 Å². The van der Waals surface area contributed by atoms with Crippen molar-refractivity contribution in [3.05, 3.63) is 58.0 Å². The third-order valence-electron chi connectivity index (χ3n) is 3.34. The van der Waals surface area contributed by atoms with Gasteiger partial charge < -0.3 is 19.8 Å². The zero-order valence-electron chi connectivity index (χ0n) is 13.8. The van der Waals surface area contributed by atoms with Gasteiger partial charge in [0.1, 0.15) is 17.2 Å². The van der Waals surface area contributed by atoms with Crippen LogP contribution < -0.4 is 20.3 Å². The second-order valence-corrected chi connectivity index (χ2v) is 5.06. The predicted molar refractivity (Wildman–Crippen MR) is 89.3 cm³/mol. The smallest absolute Gasteiger partial charge is 0.417 e. The average molecular weight is 368 g/mol. The molecule has 138 valence electrons. The summed E-state index contributed by atoms with van der Waals surface area (Å²) in [4.78, 5) is 25.4. The van der Waals surface area contributed by atoms with Crippen molar-refractivity contribution in [1.29, 1.82) is 0 Å². The number of benzene rings is 1. The number of halogens is 3. The highest BCUT2D eigenvalue weighted by atomic mass is 19.4. The summed E-state index contributed by atoms with van der Waals surface area (Å²) in [5.41, 5.74) is -1.88. The van der Waals surface area contributed by atoms with Crippen LogP contribution in [0.5, 0.6) is 11.5 Å². The van der Waals surface area contributed by atoms with Crippen LogP contribution in [0.25, 0.3) is 6.08 Å². The molecule has 0 unspecified atom stereocenters. The van der Waals surface area contributed by atoms with E-state index in [1.54, 1.807) is 18.2 Å². The molecule has 0 radical (unpaired) electrons. The van der Waals surface area contributed by atoms with E-state index in [-0.39, 0.29) is 0 Å². The molecule has 0 fully saturated rings. The Kier molecular flexibility index (Phi) is 5.71. The van der Waals surface area contributed by atoms with Gasteiger partial charge in [-0.15, -0.1) is 0 Å². The van der Waals surface area contributed by atoms with Crippen LogP contribution in [0.4, 0.5) is 18.9 Å². The number of aromatic nitrogens is 1. The largest absolute Gasteiger partial charge is 0.497 e. The molecule has 1 heterocycles. The van der Waals surface area contributed by atoms with Crippen LogP contribution >= 0.6 is 0 Å². The molecule has 6 nitrogen and oxygen atoms in total. The summed E-state index contributed by atoms with van der Waals surface area (Å²) in [6, 6.07) is 5.46. The molecule has 9 heteroatoms. The molecule has 2 rings (SSSR count). The second kappa shape index (κ2) is 7.77. The van der Waals surface area contributed by atoms with E-state index < -0.39 is 28.9 Å². The van der Waals surface area contributed by atoms with Crippen LogP contribution in [-0.2, 0) is 11.0 Å². The summed E-state index contributed by atoms with van der Waals surface area (Å²) in [6.45, 7) is 0. The Balaban J connectivity index is 2.19. The Bertz CT molecular complexity index is 888. The Labute approximate surface area is 146 Å². The zero-order chi connectivity index (χ0) is 19.3. The number of alkyl halides is 3. The molecule has 2 aromatic rings. The monoisotopic (exact) mass is 368 g/mol. The van der Waals surface area contributed by atoms with Gasteiger partial charge in [0.25, 0.3) is 5.56 Å². The highest BCUT2D eigenvalue weighted by Gasteiger charge is 2.31. The molecule has 0 spiro atoms. The number of nitrogens with one attached hydrogen (secondary N) is 2. The van der Waals surface area contributed by atoms with Crippen molar-refractivity contribution in [3.8, 4) is 11.5 Å². The van der Waals surface area contributed by atoms with Crippen LogP contribution in [0.2, 0.25) is 0 Å². The number of anilines is 1. The lowest BCUT2D eigenvalue weighted by atomic mass is 10.1. The second-order valence-electron chi connectivity index (χ2n) is 5.06. The molecule has 0 atom stereocenters. The first kappa shape index (κ1) is 19.1. The van der Waals surface area contributed by atoms with E-state index in [1.807, 2.05) is 4.98 Å². The summed E-state index contributed by atoms with van der Waals surface area (Å²) >= 11 is 0. The maximum absolute atomic E-state index is 12.7. The molecule has 0 aliphatic carbocycles. The lowest BCUT2D eigenvalue weighted by Gasteiger charge is -2.08. The third kappa shape index (κ3) is 4.65. The third-order valence-corrected chi connectivity index (χ3v) is 3.34. The number of rotatable bonds is 5. The van der Waals surface area contributed by atoms with Gasteiger partial charge in [0.2, 0.25) is 5.91 Å². The van der Waals surface area contributed by atoms with Crippen molar-refractivity contribution in [2.75, 3.05) is 19.5 Å². The van der Waals surface area contributed by atoms with Gasteiger partial charge in [-0.2, -0.15) is 13.2 Å². The Morgan fingerprint density at radius 2 is 1.92 bits per heavy atom. The highest BCUT2D eigenvalue weighted by molar-refractivity contribution is 6.02. The number of hydrogen-bond acceptors (Lipinski definition) is 4. The molecular weight excluding hydrogens is 353 g/mol. The average Bonchev–Trinajstić information content (AvgIpc) is 2.60. The number of carbonyl (C=O) groups excluding carboxylic acids is 1. The van der Waals surface area contributed by atoms with Crippen molar-refractivity contribution in [3.63, 3.8) is 0 Å². The standard InChI is InChI=1S/C17H15F3N2O4/c1-25-12-5-3-10(14(8-12)26-2)4-6-15(23)22-13-7-11(17(18,19)20)9-21-16(13)24/h3-9H,1-2H3,(H,21,24)(H,22,23)/b6-4-. The lowest BCUT2D eigenvalue weighted by Crippen LogP contribution is -2.20. The molecule has 26 heavy (non-hydrogen) atoms. The van der Waals surface area contributed by atoms with Crippen molar-refractivity contribution in [1.82, 2.24) is 4.98 Å². The van der Waals surface area contributed by atoms with Gasteiger partial charge in [-0.05, 0) is 24.3 Å². The van der Waals surface area contributed by atoms with Gasteiger partial charge in [-0.25, -0.2) is 0 Å². The van der Waals surface area contributed by atoms with E-state index in [0.717, 1.165) is 6.08 Å². The first-order chi connectivity index (χ1) is 12.2. The number of methoxy groups -OCH3 is 2. The SMILES string of the molecule is COc1ccc(/C=C\C(=O)Nc2cc(C(F)(F)F)c[nH]c2=O)c(OC)c1. The maximum Gasteiger partial charge on any atom is 0.417 e. The fraction of sp³-hybridized carbons (Fsp3) is 0.176. The van der Waals surface area contributed by atoms with Crippen LogP contribution in [0.1, 0.15) is 11.1 Å². The van der Waals surface area contributed by atoms with Gasteiger partial charge >= 0.3 is 6.18 Å². The van der Waals surface area contributed by atoms with E-state index in [2.05, 4.69) is 5.32 Å². The molecule has 0 saturated carbocycles. The quantitative estimate of drug-likeness (QED) is 0.795. The minimum atomic E-state index is -4.64. The summed E-state index contributed by atoms with van der Waals surface area (Å²) in [5, 5.41) is 2.12. The van der Waals surface area contributed by atoms with Gasteiger partial charge in [0.15, 0.2) is 0 Å². The number of amides is 1. The normalized spacial score (nSPS) is 11.4. The first-order valence-electron chi connectivity index (χ1n) is 7.25. The molecule has 1 aromatic heterocycles. The molecule has 2 N–H and O–H groups in total. The number of carbonyl (C=O) groups is 1. The number of hydrogen-bond donors (Lipinski definition) is 2. The molecule has 0 aliphatic heterocycles. The molecule has 0 bridgehead atoms. The maximum atomic E-state index is 12.7. The van der Waals surface area contributed by atoms with Gasteiger partial charge in [0.05, 0.1) is 19.8 Å². The molecule has 1 aromatic carbocycles. The minimum absolute atomic E-state index is 0.435. The van der Waals surface area contributed by atoms with E-state index in [0.29, 0.717) is 29.3 Å². The summed E-state index contributed by atoms with van der Waals surface area (Å²) < 4.78 is 48.3. The molecular formula is C17H15F3N2O4.